The van der Waals surface area contributed by atoms with E-state index in [4.69, 9.17) is 0 Å². The maximum atomic E-state index is 11.5. The molecule has 2 unspecified atom stereocenters. The van der Waals surface area contributed by atoms with E-state index in [1.165, 1.54) is 0 Å². The van der Waals surface area contributed by atoms with Gasteiger partial charge in [-0.2, -0.15) is 0 Å². The molecule has 4 nitrogen and oxygen atoms in total. The third-order valence-electron chi connectivity index (χ3n) is 2.00. The average molecular weight is 218 g/mol. The molecule has 0 bridgehead atoms. The van der Waals surface area contributed by atoms with Gasteiger partial charge in [0, 0.05) is 14.1 Å². The van der Waals surface area contributed by atoms with E-state index >= 15 is 0 Å². The molecule has 0 saturated carbocycles. The van der Waals surface area contributed by atoms with Gasteiger partial charge in [0.2, 0.25) is 5.65 Å². The molecule has 0 fully saturated rings. The van der Waals surface area contributed by atoms with E-state index in [0.29, 0.717) is 6.16 Å². The van der Waals surface area contributed by atoms with Crippen molar-refractivity contribution >= 4 is 19.4 Å². The number of carbonyl (C=O) groups excluding carboxylic acids is 2. The van der Waals surface area contributed by atoms with Crippen LogP contribution >= 0.6 is 7.92 Å². The SMILES string of the molecule is CNC(CP(C)C(=O)N(C)C)C(C)=O. The molecule has 0 aliphatic heterocycles. The summed E-state index contributed by atoms with van der Waals surface area (Å²) in [5.74, 6) is 0.0911. The second-order valence-corrected chi connectivity index (χ2v) is 5.65. The average Bonchev–Trinajstić information content (AvgIpc) is 2.11. The van der Waals surface area contributed by atoms with Gasteiger partial charge in [0.15, 0.2) is 0 Å². The third-order valence-corrected chi connectivity index (χ3v) is 3.97. The number of Topliss-reactive ketones (excluding diaryl/α,β-unsaturated/α-hetero) is 1. The van der Waals surface area contributed by atoms with Crippen molar-refractivity contribution in [1.82, 2.24) is 10.2 Å². The first-order chi connectivity index (χ1) is 6.40. The van der Waals surface area contributed by atoms with Gasteiger partial charge in [-0.25, -0.2) is 0 Å². The Balaban J connectivity index is 4.22. The van der Waals surface area contributed by atoms with Crippen LogP contribution in [0, 0.1) is 0 Å². The zero-order valence-corrected chi connectivity index (χ0v) is 10.4. The summed E-state index contributed by atoms with van der Waals surface area (Å²) in [5, 5.41) is 2.92. The van der Waals surface area contributed by atoms with Gasteiger partial charge in [-0.05, 0) is 34.7 Å². The van der Waals surface area contributed by atoms with E-state index in [1.54, 1.807) is 33.0 Å². The van der Waals surface area contributed by atoms with E-state index in [-0.39, 0.29) is 17.5 Å². The predicted octanol–water partition coefficient (Wildman–Crippen LogP) is 0.957. The summed E-state index contributed by atoms with van der Waals surface area (Å²) in [6, 6.07) is -0.185. The summed E-state index contributed by atoms with van der Waals surface area (Å²) in [5.41, 5.74) is 0.126. The number of carbonyl (C=O) groups is 2. The quantitative estimate of drug-likeness (QED) is 0.699. The van der Waals surface area contributed by atoms with Crippen molar-refractivity contribution in [3.05, 3.63) is 0 Å². The largest absolute Gasteiger partial charge is 0.345 e. The highest BCUT2D eigenvalue weighted by molar-refractivity contribution is 7.74. The molecule has 0 heterocycles. The maximum absolute atomic E-state index is 11.5. The Morgan fingerprint density at radius 2 is 1.93 bits per heavy atom. The highest BCUT2D eigenvalue weighted by Crippen LogP contribution is 2.34. The molecule has 1 amide bonds. The van der Waals surface area contributed by atoms with E-state index in [2.05, 4.69) is 5.32 Å². The van der Waals surface area contributed by atoms with E-state index in [1.807, 2.05) is 6.66 Å². The maximum Gasteiger partial charge on any atom is 0.242 e. The Labute approximate surface area is 86.8 Å². The van der Waals surface area contributed by atoms with Crippen molar-refractivity contribution in [2.24, 2.45) is 0 Å². The zero-order valence-electron chi connectivity index (χ0n) is 9.50. The lowest BCUT2D eigenvalue weighted by atomic mass is 10.2. The molecule has 0 saturated heterocycles. The van der Waals surface area contributed by atoms with Crippen molar-refractivity contribution in [3.63, 3.8) is 0 Å². The summed E-state index contributed by atoms with van der Waals surface area (Å²) in [6.45, 7) is 3.45. The van der Waals surface area contributed by atoms with Crippen LogP contribution in [0.5, 0.6) is 0 Å². The molecule has 0 radical (unpaired) electrons. The fraction of sp³-hybridized carbons (Fsp3) is 0.778. The lowest BCUT2D eigenvalue weighted by Crippen LogP contribution is -2.36. The van der Waals surface area contributed by atoms with E-state index < -0.39 is 7.92 Å². The number of hydrogen-bond acceptors (Lipinski definition) is 3. The Kier molecular flexibility index (Phi) is 5.89. The summed E-state index contributed by atoms with van der Waals surface area (Å²) in [7, 11) is 4.47. The van der Waals surface area contributed by atoms with Crippen LogP contribution in [-0.4, -0.2) is 56.3 Å². The van der Waals surface area contributed by atoms with Gasteiger partial charge in [-0.3, -0.25) is 9.59 Å². The number of likely N-dealkylation sites (N-methyl/N-ethyl adjacent to an activating group) is 1. The van der Waals surface area contributed by atoms with Gasteiger partial charge < -0.3 is 10.2 Å². The lowest BCUT2D eigenvalue weighted by molar-refractivity contribution is -0.118. The fourth-order valence-electron chi connectivity index (χ4n) is 1.12. The molecule has 1 N–H and O–H groups in total. The zero-order chi connectivity index (χ0) is 11.3. The molecular weight excluding hydrogens is 199 g/mol. The number of nitrogens with zero attached hydrogens (tertiary/aromatic N) is 1. The fourth-order valence-corrected chi connectivity index (χ4v) is 2.94. The van der Waals surface area contributed by atoms with Crippen LogP contribution in [-0.2, 0) is 4.79 Å². The summed E-state index contributed by atoms with van der Waals surface area (Å²) in [4.78, 5) is 24.2. The molecule has 2 atom stereocenters. The van der Waals surface area contributed by atoms with Gasteiger partial charge >= 0.3 is 0 Å². The minimum absolute atomic E-state index is 0.0911. The van der Waals surface area contributed by atoms with Crippen molar-refractivity contribution in [2.45, 2.75) is 13.0 Å². The van der Waals surface area contributed by atoms with E-state index in [9.17, 15) is 9.59 Å². The minimum atomic E-state index is -0.755. The second kappa shape index (κ2) is 6.10. The number of amides is 1. The Morgan fingerprint density at radius 3 is 2.21 bits per heavy atom. The van der Waals surface area contributed by atoms with Gasteiger partial charge in [0.05, 0.1) is 6.04 Å². The molecule has 5 heteroatoms. The molecule has 0 spiro atoms. The van der Waals surface area contributed by atoms with Crippen molar-refractivity contribution < 1.29 is 9.59 Å². The first-order valence-corrected chi connectivity index (χ1v) is 6.47. The number of rotatable bonds is 5. The molecule has 0 aromatic heterocycles. The molecule has 0 aromatic carbocycles. The highest BCUT2D eigenvalue weighted by Gasteiger charge is 2.21. The topological polar surface area (TPSA) is 49.4 Å². The number of ketones is 1. The van der Waals surface area contributed by atoms with Crippen LogP contribution in [0.1, 0.15) is 6.92 Å². The summed E-state index contributed by atoms with van der Waals surface area (Å²) >= 11 is 0. The number of nitrogens with one attached hydrogen (secondary N) is 1. The van der Waals surface area contributed by atoms with Crippen LogP contribution in [0.2, 0.25) is 0 Å². The van der Waals surface area contributed by atoms with Gasteiger partial charge in [0.1, 0.15) is 5.78 Å². The molecule has 14 heavy (non-hydrogen) atoms. The standard InChI is InChI=1S/C9H19N2O2P/c1-7(12)8(10-2)6-14(5)9(13)11(3)4/h8,10H,6H2,1-5H3. The monoisotopic (exact) mass is 218 g/mol. The van der Waals surface area contributed by atoms with Crippen LogP contribution in [0.4, 0.5) is 4.79 Å². The Hall–Kier alpha value is -0.470. The minimum Gasteiger partial charge on any atom is -0.345 e. The molecule has 0 aliphatic carbocycles. The van der Waals surface area contributed by atoms with Gasteiger partial charge in [-0.15, -0.1) is 0 Å². The Bertz CT molecular complexity index is 219. The Morgan fingerprint density at radius 1 is 1.43 bits per heavy atom. The smallest absolute Gasteiger partial charge is 0.242 e. The second-order valence-electron chi connectivity index (χ2n) is 3.51. The third kappa shape index (κ3) is 4.16. The van der Waals surface area contributed by atoms with Crippen LogP contribution in [0.3, 0.4) is 0 Å². The normalized spacial score (nSPS) is 14.6. The van der Waals surface area contributed by atoms with Gasteiger partial charge in [0.25, 0.3) is 0 Å². The summed E-state index contributed by atoms with van der Waals surface area (Å²) in [6.07, 6.45) is 0.623. The molecule has 0 aliphatic rings. The molecular formula is C9H19N2O2P. The lowest BCUT2D eigenvalue weighted by Gasteiger charge is -2.20. The van der Waals surface area contributed by atoms with Crippen LogP contribution in [0.15, 0.2) is 0 Å². The predicted molar refractivity (Wildman–Crippen MR) is 60.3 cm³/mol. The number of hydrogen-bond donors (Lipinski definition) is 1. The van der Waals surface area contributed by atoms with Crippen molar-refractivity contribution in [3.8, 4) is 0 Å². The van der Waals surface area contributed by atoms with Crippen molar-refractivity contribution in [1.29, 1.82) is 0 Å². The molecule has 0 rings (SSSR count). The van der Waals surface area contributed by atoms with Crippen LogP contribution in [0.25, 0.3) is 0 Å². The summed E-state index contributed by atoms with van der Waals surface area (Å²) < 4.78 is 0. The van der Waals surface area contributed by atoms with Crippen molar-refractivity contribution in [2.75, 3.05) is 34.0 Å². The first-order valence-electron chi connectivity index (χ1n) is 4.50. The molecule has 0 aromatic rings. The highest BCUT2D eigenvalue weighted by atomic mass is 31.1. The van der Waals surface area contributed by atoms with Gasteiger partial charge in [-0.1, -0.05) is 0 Å². The van der Waals surface area contributed by atoms with E-state index in [0.717, 1.165) is 0 Å². The first kappa shape index (κ1) is 13.5. The molecule has 82 valence electrons. The van der Waals surface area contributed by atoms with Crippen LogP contribution < -0.4 is 5.32 Å².